The van der Waals surface area contributed by atoms with Gasteiger partial charge in [-0.15, -0.1) is 0 Å². The van der Waals surface area contributed by atoms with Gasteiger partial charge in [-0.25, -0.2) is 8.42 Å². The van der Waals surface area contributed by atoms with Gasteiger partial charge in [0.1, 0.15) is 5.75 Å². The normalized spacial score (nSPS) is 12.3. The molecule has 0 aromatic heterocycles. The van der Waals surface area contributed by atoms with E-state index in [2.05, 4.69) is 18.3 Å². The van der Waals surface area contributed by atoms with Crippen LogP contribution in [0.25, 0.3) is 0 Å². The maximum absolute atomic E-state index is 12.3. The molecular weight excluding hydrogens is 388 g/mol. The molecule has 7 heteroatoms. The lowest BCUT2D eigenvalue weighted by Crippen LogP contribution is -2.32. The summed E-state index contributed by atoms with van der Waals surface area (Å²) in [7, 11) is -1.94. The summed E-state index contributed by atoms with van der Waals surface area (Å²) in [6.45, 7) is 6.27. The van der Waals surface area contributed by atoms with Crippen LogP contribution in [0.5, 0.6) is 5.75 Å². The lowest BCUT2D eigenvalue weighted by molar-refractivity contribution is -0.121. The Balaban J connectivity index is 1.96. The number of hydrogen-bond acceptors (Lipinski definition) is 4. The highest BCUT2D eigenvalue weighted by atomic mass is 32.2. The van der Waals surface area contributed by atoms with E-state index < -0.39 is 10.0 Å². The van der Waals surface area contributed by atoms with Gasteiger partial charge in [-0.1, -0.05) is 24.3 Å². The molecule has 2 rings (SSSR count). The summed E-state index contributed by atoms with van der Waals surface area (Å²) in [6.07, 6.45) is 1.81. The van der Waals surface area contributed by atoms with E-state index in [1.165, 1.54) is 22.5 Å². The number of amides is 1. The SMILES string of the molecule is COc1cccc(N(CCCC(=O)N[C@@H](C)c2ccc(C)c(C)c2)S(C)(=O)=O)c1. The van der Waals surface area contributed by atoms with E-state index in [0.717, 1.165) is 11.8 Å². The van der Waals surface area contributed by atoms with Gasteiger partial charge in [-0.3, -0.25) is 9.10 Å². The Bertz CT molecular complexity index is 957. The highest BCUT2D eigenvalue weighted by Crippen LogP contribution is 2.23. The Kier molecular flexibility index (Phi) is 7.67. The van der Waals surface area contributed by atoms with E-state index >= 15 is 0 Å². The highest BCUT2D eigenvalue weighted by molar-refractivity contribution is 7.92. The molecular formula is C22H30N2O4S. The molecule has 0 aliphatic rings. The lowest BCUT2D eigenvalue weighted by atomic mass is 10.0. The number of carbonyl (C=O) groups excluding carboxylic acids is 1. The number of hydrogen-bond donors (Lipinski definition) is 1. The molecule has 1 N–H and O–H groups in total. The first-order valence-electron chi connectivity index (χ1n) is 9.60. The zero-order valence-electron chi connectivity index (χ0n) is 17.7. The molecule has 2 aromatic rings. The minimum Gasteiger partial charge on any atom is -0.497 e. The number of ether oxygens (including phenoxy) is 1. The minimum absolute atomic E-state index is 0.102. The van der Waals surface area contributed by atoms with Crippen molar-refractivity contribution >= 4 is 21.6 Å². The molecule has 0 radical (unpaired) electrons. The van der Waals surface area contributed by atoms with Crippen LogP contribution in [-0.2, 0) is 14.8 Å². The van der Waals surface area contributed by atoms with Gasteiger partial charge >= 0.3 is 0 Å². The van der Waals surface area contributed by atoms with Crippen molar-refractivity contribution in [1.82, 2.24) is 5.32 Å². The van der Waals surface area contributed by atoms with Crippen molar-refractivity contribution in [2.24, 2.45) is 0 Å². The fraction of sp³-hybridized carbons (Fsp3) is 0.409. The average Bonchev–Trinajstić information content (AvgIpc) is 2.66. The van der Waals surface area contributed by atoms with E-state index in [-0.39, 0.29) is 24.9 Å². The number of nitrogens with zero attached hydrogens (tertiary/aromatic N) is 1. The zero-order valence-corrected chi connectivity index (χ0v) is 18.5. The lowest BCUT2D eigenvalue weighted by Gasteiger charge is -2.23. The summed E-state index contributed by atoms with van der Waals surface area (Å²) in [5, 5.41) is 2.99. The molecule has 0 fully saturated rings. The predicted octanol–water partition coefficient (Wildman–Crippen LogP) is 3.74. The quantitative estimate of drug-likeness (QED) is 0.673. The van der Waals surface area contributed by atoms with Gasteiger partial charge in [0.25, 0.3) is 0 Å². The van der Waals surface area contributed by atoms with Crippen LogP contribution in [0.3, 0.4) is 0 Å². The summed E-state index contributed by atoms with van der Waals surface area (Å²) in [5.41, 5.74) is 3.97. The summed E-state index contributed by atoms with van der Waals surface area (Å²) in [4.78, 5) is 12.3. The molecule has 1 atom stereocenters. The highest BCUT2D eigenvalue weighted by Gasteiger charge is 2.18. The topological polar surface area (TPSA) is 75.7 Å². The molecule has 0 aliphatic heterocycles. The first-order chi connectivity index (χ1) is 13.6. The molecule has 0 spiro atoms. The number of sulfonamides is 1. The van der Waals surface area contributed by atoms with Crippen molar-refractivity contribution in [3.8, 4) is 5.75 Å². The standard InChI is InChI=1S/C22H30N2O4S/c1-16-11-12-19(14-17(16)2)18(3)23-22(25)10-7-13-24(29(5,26)27)20-8-6-9-21(15-20)28-4/h6,8-9,11-12,14-15,18H,7,10,13H2,1-5H3,(H,23,25)/t18-/m0/s1. The largest absolute Gasteiger partial charge is 0.497 e. The van der Waals surface area contributed by atoms with Crippen LogP contribution in [0, 0.1) is 13.8 Å². The molecule has 0 saturated heterocycles. The van der Waals surface area contributed by atoms with Crippen molar-refractivity contribution in [2.45, 2.75) is 39.7 Å². The van der Waals surface area contributed by atoms with E-state index in [4.69, 9.17) is 4.74 Å². The smallest absolute Gasteiger partial charge is 0.232 e. The van der Waals surface area contributed by atoms with E-state index in [1.807, 2.05) is 26.0 Å². The molecule has 2 aromatic carbocycles. The number of anilines is 1. The average molecular weight is 419 g/mol. The van der Waals surface area contributed by atoms with Gasteiger partial charge in [0.15, 0.2) is 0 Å². The Morgan fingerprint density at radius 3 is 2.48 bits per heavy atom. The third kappa shape index (κ3) is 6.49. The number of methoxy groups -OCH3 is 1. The van der Waals surface area contributed by atoms with Crippen molar-refractivity contribution < 1.29 is 17.9 Å². The number of aryl methyl sites for hydroxylation is 2. The van der Waals surface area contributed by atoms with E-state index in [9.17, 15) is 13.2 Å². The van der Waals surface area contributed by atoms with Crippen LogP contribution in [0.1, 0.15) is 42.5 Å². The first-order valence-corrected chi connectivity index (χ1v) is 11.4. The number of nitrogens with one attached hydrogen (secondary N) is 1. The van der Waals surface area contributed by atoms with E-state index in [1.54, 1.807) is 24.3 Å². The fourth-order valence-electron chi connectivity index (χ4n) is 3.07. The second-order valence-electron chi connectivity index (χ2n) is 7.27. The summed E-state index contributed by atoms with van der Waals surface area (Å²) < 4.78 is 30.9. The van der Waals surface area contributed by atoms with Gasteiger partial charge in [0, 0.05) is 19.0 Å². The van der Waals surface area contributed by atoms with Gasteiger partial charge in [-0.05, 0) is 56.0 Å². The van der Waals surface area contributed by atoms with E-state index in [0.29, 0.717) is 17.9 Å². The Labute approximate surface area is 173 Å². The molecule has 1 amide bonds. The van der Waals surface area contributed by atoms with Crippen molar-refractivity contribution in [1.29, 1.82) is 0 Å². The molecule has 0 bridgehead atoms. The summed E-state index contributed by atoms with van der Waals surface area (Å²) >= 11 is 0. The number of carbonyl (C=O) groups is 1. The van der Waals surface area contributed by atoms with Gasteiger partial charge < -0.3 is 10.1 Å². The molecule has 0 heterocycles. The molecule has 0 unspecified atom stereocenters. The summed E-state index contributed by atoms with van der Waals surface area (Å²) in [6, 6.07) is 12.9. The van der Waals surface area contributed by atoms with Gasteiger partial charge in [0.05, 0.1) is 25.1 Å². The van der Waals surface area contributed by atoms with Gasteiger partial charge in [0.2, 0.25) is 15.9 Å². The monoisotopic (exact) mass is 418 g/mol. The van der Waals surface area contributed by atoms with Crippen molar-refractivity contribution in [3.05, 3.63) is 59.2 Å². The van der Waals surface area contributed by atoms with Crippen molar-refractivity contribution in [3.63, 3.8) is 0 Å². The van der Waals surface area contributed by atoms with Crippen LogP contribution < -0.4 is 14.4 Å². The molecule has 29 heavy (non-hydrogen) atoms. The minimum atomic E-state index is -3.47. The van der Waals surface area contributed by atoms with Crippen LogP contribution in [0.2, 0.25) is 0 Å². The third-order valence-corrected chi connectivity index (χ3v) is 6.11. The fourth-order valence-corrected chi connectivity index (χ4v) is 4.02. The molecule has 0 aliphatic carbocycles. The second-order valence-corrected chi connectivity index (χ2v) is 9.18. The Hall–Kier alpha value is -2.54. The second kappa shape index (κ2) is 9.78. The van der Waals surface area contributed by atoms with Crippen LogP contribution in [0.15, 0.2) is 42.5 Å². The van der Waals surface area contributed by atoms with Crippen LogP contribution in [0.4, 0.5) is 5.69 Å². The molecule has 0 saturated carbocycles. The van der Waals surface area contributed by atoms with Crippen LogP contribution in [-0.4, -0.2) is 34.2 Å². The van der Waals surface area contributed by atoms with Gasteiger partial charge in [-0.2, -0.15) is 0 Å². The number of rotatable bonds is 9. The number of benzene rings is 2. The third-order valence-electron chi connectivity index (χ3n) is 4.92. The predicted molar refractivity (Wildman–Crippen MR) is 117 cm³/mol. The molecule has 158 valence electrons. The summed E-state index contributed by atoms with van der Waals surface area (Å²) in [5.74, 6) is 0.478. The first kappa shape index (κ1) is 22.7. The Morgan fingerprint density at radius 2 is 1.86 bits per heavy atom. The molecule has 6 nitrogen and oxygen atoms in total. The Morgan fingerprint density at radius 1 is 1.14 bits per heavy atom. The van der Waals surface area contributed by atoms with Crippen LogP contribution >= 0.6 is 0 Å². The maximum atomic E-state index is 12.3. The maximum Gasteiger partial charge on any atom is 0.232 e. The van der Waals surface area contributed by atoms with Crippen molar-refractivity contribution in [2.75, 3.05) is 24.2 Å². The zero-order chi connectivity index (χ0) is 21.6.